The van der Waals surface area contributed by atoms with Gasteiger partial charge < -0.3 is 0 Å². The molecule has 116 valence electrons. The van der Waals surface area contributed by atoms with Gasteiger partial charge in [0.05, 0.1) is 0 Å². The van der Waals surface area contributed by atoms with Crippen LogP contribution in [-0.2, 0) is 0 Å². The van der Waals surface area contributed by atoms with E-state index >= 15 is 0 Å². The van der Waals surface area contributed by atoms with Crippen molar-refractivity contribution in [3.05, 3.63) is 66.2 Å². The molecular formula is C20H25NSe. The van der Waals surface area contributed by atoms with Crippen LogP contribution in [-0.4, -0.2) is 21.0 Å². The monoisotopic (exact) mass is 359 g/mol. The second-order valence-corrected chi connectivity index (χ2v) is 8.91. The van der Waals surface area contributed by atoms with Gasteiger partial charge in [-0.2, -0.15) is 0 Å². The van der Waals surface area contributed by atoms with Gasteiger partial charge in [-0.05, 0) is 0 Å². The summed E-state index contributed by atoms with van der Waals surface area (Å²) in [6.45, 7) is 2.30. The van der Waals surface area contributed by atoms with Crippen molar-refractivity contribution in [3.63, 3.8) is 0 Å². The fourth-order valence-corrected chi connectivity index (χ4v) is 6.05. The Morgan fingerprint density at radius 1 is 0.909 bits per heavy atom. The zero-order valence-corrected chi connectivity index (χ0v) is 15.0. The van der Waals surface area contributed by atoms with Gasteiger partial charge in [0.2, 0.25) is 0 Å². The van der Waals surface area contributed by atoms with E-state index in [4.69, 9.17) is 0 Å². The van der Waals surface area contributed by atoms with Crippen molar-refractivity contribution in [1.29, 1.82) is 0 Å². The Balaban J connectivity index is 1.65. The van der Waals surface area contributed by atoms with Crippen LogP contribution in [0.3, 0.4) is 0 Å². The van der Waals surface area contributed by atoms with Crippen molar-refractivity contribution in [2.24, 2.45) is 0 Å². The van der Waals surface area contributed by atoms with E-state index in [0.717, 1.165) is 4.82 Å². The molecule has 2 aromatic carbocycles. The third-order valence-corrected chi connectivity index (χ3v) is 7.46. The van der Waals surface area contributed by atoms with Gasteiger partial charge >= 0.3 is 140 Å². The van der Waals surface area contributed by atoms with E-state index in [2.05, 4.69) is 72.9 Å². The molecule has 1 saturated carbocycles. The Hall–Kier alpha value is -1.08. The van der Waals surface area contributed by atoms with Gasteiger partial charge in [-0.1, -0.05) is 0 Å². The summed E-state index contributed by atoms with van der Waals surface area (Å²) in [4.78, 5) is 0.829. The Morgan fingerprint density at radius 2 is 1.55 bits per heavy atom. The second kappa shape index (κ2) is 7.97. The Bertz CT molecular complexity index is 554. The van der Waals surface area contributed by atoms with E-state index in [0.29, 0.717) is 27.0 Å². The Labute approximate surface area is 140 Å². The molecule has 0 unspecified atom stereocenters. The molecule has 1 N–H and O–H groups in total. The molecule has 3 rings (SSSR count). The maximum atomic E-state index is 3.92. The first-order chi connectivity index (χ1) is 10.8. The Kier molecular flexibility index (Phi) is 5.72. The number of hydrogen-bond acceptors (Lipinski definition) is 1. The molecule has 0 spiro atoms. The van der Waals surface area contributed by atoms with Crippen LogP contribution in [0.5, 0.6) is 0 Å². The molecule has 0 bridgehead atoms. The predicted molar refractivity (Wildman–Crippen MR) is 95.8 cm³/mol. The molecule has 0 aromatic heterocycles. The van der Waals surface area contributed by atoms with Crippen LogP contribution in [0.4, 0.5) is 0 Å². The van der Waals surface area contributed by atoms with Crippen molar-refractivity contribution >= 4 is 19.4 Å². The summed E-state index contributed by atoms with van der Waals surface area (Å²) in [5.74, 6) is 0. The van der Waals surface area contributed by atoms with Crippen LogP contribution >= 0.6 is 0 Å². The summed E-state index contributed by atoms with van der Waals surface area (Å²) in [6.07, 6.45) is 5.49. The number of hydrogen-bond donors (Lipinski definition) is 1. The number of benzene rings is 2. The molecule has 1 fully saturated rings. The van der Waals surface area contributed by atoms with Gasteiger partial charge in [0, 0.05) is 0 Å². The Morgan fingerprint density at radius 3 is 2.27 bits per heavy atom. The molecule has 1 aliphatic carbocycles. The SMILES string of the molecule is C[C@H](N[C@@H]1CCCC[C@H]1[Se]c1ccccc1)c1ccccc1. The third kappa shape index (κ3) is 4.23. The van der Waals surface area contributed by atoms with Crippen molar-refractivity contribution in [2.45, 2.75) is 49.5 Å². The minimum absolute atomic E-state index is 0.443. The van der Waals surface area contributed by atoms with Crippen LogP contribution in [0.25, 0.3) is 0 Å². The molecule has 1 aliphatic rings. The van der Waals surface area contributed by atoms with Crippen molar-refractivity contribution in [1.82, 2.24) is 5.32 Å². The van der Waals surface area contributed by atoms with Crippen LogP contribution in [0, 0.1) is 0 Å². The van der Waals surface area contributed by atoms with Gasteiger partial charge in [-0.3, -0.25) is 0 Å². The number of rotatable bonds is 5. The van der Waals surface area contributed by atoms with E-state index in [9.17, 15) is 0 Å². The fraction of sp³-hybridized carbons (Fsp3) is 0.400. The van der Waals surface area contributed by atoms with E-state index in [1.165, 1.54) is 31.2 Å². The number of nitrogens with one attached hydrogen (secondary N) is 1. The van der Waals surface area contributed by atoms with E-state index in [1.807, 2.05) is 0 Å². The van der Waals surface area contributed by atoms with Gasteiger partial charge in [-0.15, -0.1) is 0 Å². The molecule has 2 aromatic rings. The molecule has 0 aliphatic heterocycles. The second-order valence-electron chi connectivity index (χ2n) is 6.16. The molecule has 0 saturated heterocycles. The standard InChI is InChI=1S/C20H25NSe/c1-16(17-10-4-2-5-11-17)21-19-14-8-9-15-20(19)22-18-12-6-3-7-13-18/h2-7,10-13,16,19-21H,8-9,14-15H2,1H3/t16-,19+,20+/m0/s1. The minimum atomic E-state index is 0.443. The summed E-state index contributed by atoms with van der Waals surface area (Å²) in [6, 6.07) is 23.0. The van der Waals surface area contributed by atoms with Crippen LogP contribution in [0.1, 0.15) is 44.2 Å². The van der Waals surface area contributed by atoms with Crippen molar-refractivity contribution in [3.8, 4) is 0 Å². The van der Waals surface area contributed by atoms with Gasteiger partial charge in [0.25, 0.3) is 0 Å². The third-order valence-electron chi connectivity index (χ3n) is 4.50. The first-order valence-corrected chi connectivity index (χ1v) is 10.2. The van der Waals surface area contributed by atoms with Crippen molar-refractivity contribution < 1.29 is 0 Å². The summed E-state index contributed by atoms with van der Waals surface area (Å²) >= 11 is 0.579. The van der Waals surface area contributed by atoms with E-state index < -0.39 is 0 Å². The first kappa shape index (κ1) is 15.8. The molecule has 0 amide bonds. The summed E-state index contributed by atoms with van der Waals surface area (Å²) in [7, 11) is 0. The molecule has 0 radical (unpaired) electrons. The predicted octanol–water partition coefficient (Wildman–Crippen LogP) is 4.10. The molecule has 1 nitrogen and oxygen atoms in total. The maximum absolute atomic E-state index is 3.92. The average Bonchev–Trinajstić information content (AvgIpc) is 2.58. The normalized spacial score (nSPS) is 23.1. The van der Waals surface area contributed by atoms with Crippen LogP contribution in [0.15, 0.2) is 60.7 Å². The zero-order valence-electron chi connectivity index (χ0n) is 13.2. The van der Waals surface area contributed by atoms with E-state index in [1.54, 1.807) is 4.46 Å². The summed E-state index contributed by atoms with van der Waals surface area (Å²) in [5.41, 5.74) is 1.40. The quantitative estimate of drug-likeness (QED) is 0.794. The first-order valence-electron chi connectivity index (χ1n) is 8.35. The molecular weight excluding hydrogens is 333 g/mol. The van der Waals surface area contributed by atoms with Gasteiger partial charge in [0.15, 0.2) is 0 Å². The summed E-state index contributed by atoms with van der Waals surface area (Å²) in [5, 5.41) is 3.92. The van der Waals surface area contributed by atoms with E-state index in [-0.39, 0.29) is 0 Å². The topological polar surface area (TPSA) is 12.0 Å². The van der Waals surface area contributed by atoms with Gasteiger partial charge in [0.1, 0.15) is 0 Å². The van der Waals surface area contributed by atoms with Crippen LogP contribution < -0.4 is 9.78 Å². The van der Waals surface area contributed by atoms with Crippen molar-refractivity contribution in [2.75, 3.05) is 0 Å². The molecule has 0 heterocycles. The summed E-state index contributed by atoms with van der Waals surface area (Å²) < 4.78 is 1.54. The molecule has 3 atom stereocenters. The van der Waals surface area contributed by atoms with Gasteiger partial charge in [-0.25, -0.2) is 0 Å². The molecule has 2 heteroatoms. The fourth-order valence-electron chi connectivity index (χ4n) is 3.26. The zero-order chi connectivity index (χ0) is 15.2. The average molecular weight is 358 g/mol. The van der Waals surface area contributed by atoms with Crippen LogP contribution in [0.2, 0.25) is 4.82 Å². The molecule has 22 heavy (non-hydrogen) atoms.